The summed E-state index contributed by atoms with van der Waals surface area (Å²) in [6, 6.07) is -1.74. The summed E-state index contributed by atoms with van der Waals surface area (Å²) in [5, 5.41) is 16.6. The highest BCUT2D eigenvalue weighted by Gasteiger charge is 2.20. The van der Waals surface area contributed by atoms with Crippen molar-refractivity contribution < 1.29 is 19.5 Å². The lowest BCUT2D eigenvalue weighted by Gasteiger charge is -2.14. The molecule has 8 nitrogen and oxygen atoms in total. The number of aromatic nitrogens is 1. The maximum absolute atomic E-state index is 11.6. The minimum atomic E-state index is -1.21. The largest absolute Gasteiger partial charge is 0.480 e. The minimum absolute atomic E-state index is 0.0379. The van der Waals surface area contributed by atoms with E-state index in [1.165, 1.54) is 11.3 Å². The van der Waals surface area contributed by atoms with Gasteiger partial charge in [0.2, 0.25) is 5.91 Å². The summed E-state index contributed by atoms with van der Waals surface area (Å²) in [7, 11) is 0. The summed E-state index contributed by atoms with van der Waals surface area (Å²) in [6.07, 6.45) is 0.435. The number of thiazole rings is 1. The summed E-state index contributed by atoms with van der Waals surface area (Å²) < 4.78 is 0. The van der Waals surface area contributed by atoms with E-state index in [9.17, 15) is 14.4 Å². The molecule has 0 bridgehead atoms. The smallest absolute Gasteiger partial charge is 0.326 e. The molecule has 1 atom stereocenters. The van der Waals surface area contributed by atoms with Crippen molar-refractivity contribution in [3.8, 4) is 0 Å². The van der Waals surface area contributed by atoms with Crippen molar-refractivity contribution >= 4 is 29.2 Å². The molecule has 1 aromatic rings. The third-order valence-corrected chi connectivity index (χ3v) is 3.60. The molecule has 3 amide bonds. The highest BCUT2D eigenvalue weighted by molar-refractivity contribution is 7.09. The number of amides is 3. The first-order valence-corrected chi connectivity index (χ1v) is 7.23. The average molecular weight is 314 g/mol. The van der Waals surface area contributed by atoms with E-state index in [1.807, 2.05) is 12.3 Å². The number of nitrogens with one attached hydrogen (secondary N) is 2. The minimum Gasteiger partial charge on any atom is -0.480 e. The molecule has 5 N–H and O–H groups in total. The van der Waals surface area contributed by atoms with Crippen LogP contribution in [-0.2, 0) is 16.0 Å². The number of hydrogen-bond acceptors (Lipinski definition) is 5. The lowest BCUT2D eigenvalue weighted by molar-refractivity contribution is -0.139. The van der Waals surface area contributed by atoms with Crippen molar-refractivity contribution in [3.63, 3.8) is 0 Å². The number of carboxylic acid groups (broad SMARTS) is 1. The maximum Gasteiger partial charge on any atom is 0.326 e. The molecule has 0 aliphatic heterocycles. The van der Waals surface area contributed by atoms with E-state index >= 15 is 0 Å². The van der Waals surface area contributed by atoms with Crippen LogP contribution < -0.4 is 16.4 Å². The van der Waals surface area contributed by atoms with Crippen LogP contribution in [0.15, 0.2) is 5.38 Å². The fourth-order valence-electron chi connectivity index (χ4n) is 1.55. The van der Waals surface area contributed by atoms with Gasteiger partial charge in [0.15, 0.2) is 0 Å². The molecule has 9 heteroatoms. The highest BCUT2D eigenvalue weighted by atomic mass is 32.1. The maximum atomic E-state index is 11.6. The number of urea groups is 1. The van der Waals surface area contributed by atoms with Crippen molar-refractivity contribution in [2.45, 2.75) is 32.2 Å². The fourth-order valence-corrected chi connectivity index (χ4v) is 2.33. The molecule has 0 aliphatic rings. The lowest BCUT2D eigenvalue weighted by Crippen LogP contribution is -2.46. The first kappa shape index (κ1) is 16.9. The molecule has 0 spiro atoms. The number of primary amides is 1. The Morgan fingerprint density at radius 2 is 2.19 bits per heavy atom. The summed E-state index contributed by atoms with van der Waals surface area (Å²) in [4.78, 5) is 37.4. The van der Waals surface area contributed by atoms with Crippen LogP contribution >= 0.6 is 11.3 Å². The molecular weight excluding hydrogens is 296 g/mol. The van der Waals surface area contributed by atoms with Crippen molar-refractivity contribution in [3.05, 3.63) is 16.1 Å². The van der Waals surface area contributed by atoms with Crippen molar-refractivity contribution in [1.29, 1.82) is 0 Å². The van der Waals surface area contributed by atoms with Gasteiger partial charge in [-0.05, 0) is 13.3 Å². The second-order valence-electron chi connectivity index (χ2n) is 4.43. The summed E-state index contributed by atoms with van der Waals surface area (Å²) in [6.45, 7) is 2.23. The Labute approximate surface area is 125 Å². The number of nitrogens with two attached hydrogens (primary N) is 1. The monoisotopic (exact) mass is 314 g/mol. The molecule has 1 rings (SSSR count). The topological polar surface area (TPSA) is 134 Å². The summed E-state index contributed by atoms with van der Waals surface area (Å²) in [5.41, 5.74) is 5.88. The zero-order valence-corrected chi connectivity index (χ0v) is 12.4. The predicted octanol–water partition coefficient (Wildman–Crippen LogP) is 0.0119. The number of hydrogen-bond donors (Lipinski definition) is 4. The van der Waals surface area contributed by atoms with Crippen LogP contribution in [0.1, 0.15) is 23.5 Å². The zero-order valence-electron chi connectivity index (χ0n) is 11.6. The van der Waals surface area contributed by atoms with E-state index < -0.39 is 23.9 Å². The highest BCUT2D eigenvalue weighted by Crippen LogP contribution is 2.08. The molecular formula is C12H18N4O4S. The third-order valence-electron chi connectivity index (χ3n) is 2.57. The quantitative estimate of drug-likeness (QED) is 0.536. The van der Waals surface area contributed by atoms with Crippen LogP contribution in [0.5, 0.6) is 0 Å². The molecule has 0 unspecified atom stereocenters. The van der Waals surface area contributed by atoms with E-state index in [4.69, 9.17) is 10.8 Å². The number of rotatable bonds is 8. The molecule has 0 radical (unpaired) electrons. The van der Waals surface area contributed by atoms with Gasteiger partial charge in [-0.25, -0.2) is 14.6 Å². The molecule has 1 heterocycles. The summed E-state index contributed by atoms with van der Waals surface area (Å²) >= 11 is 1.50. The van der Waals surface area contributed by atoms with E-state index in [-0.39, 0.29) is 12.8 Å². The van der Waals surface area contributed by atoms with Crippen LogP contribution in [0, 0.1) is 6.92 Å². The number of aryl methyl sites for hydroxylation is 1. The van der Waals surface area contributed by atoms with Gasteiger partial charge in [-0.1, -0.05) is 0 Å². The van der Waals surface area contributed by atoms with Crippen molar-refractivity contribution in [2.75, 3.05) is 6.54 Å². The van der Waals surface area contributed by atoms with E-state index in [1.54, 1.807) is 0 Å². The second-order valence-corrected chi connectivity index (χ2v) is 5.37. The number of carboxylic acids is 1. The molecule has 0 saturated carbocycles. The lowest BCUT2D eigenvalue weighted by atomic mass is 10.1. The standard InChI is InChI=1S/C12H18N4O4S/c1-7-6-21-10(15-7)4-5-14-12(20)16-8(11(18)19)2-3-9(13)17/h6,8H,2-5H2,1H3,(H2,13,17)(H,18,19)(H2,14,16,20)/t8-/m1/s1. The Balaban J connectivity index is 2.32. The first-order valence-electron chi connectivity index (χ1n) is 6.35. The molecule has 0 fully saturated rings. The average Bonchev–Trinajstić information content (AvgIpc) is 2.79. The van der Waals surface area contributed by atoms with Gasteiger partial charge >= 0.3 is 12.0 Å². The van der Waals surface area contributed by atoms with Crippen LogP contribution in [-0.4, -0.2) is 40.6 Å². The Kier molecular flexibility index (Phi) is 6.60. The van der Waals surface area contributed by atoms with Crippen LogP contribution in [0.4, 0.5) is 4.79 Å². The number of aliphatic carboxylic acids is 1. The molecule has 0 saturated heterocycles. The molecule has 116 valence electrons. The number of nitrogens with zero attached hydrogens (tertiary/aromatic N) is 1. The number of carbonyl (C=O) groups excluding carboxylic acids is 2. The second kappa shape index (κ2) is 8.20. The first-order chi connectivity index (χ1) is 9.88. The van der Waals surface area contributed by atoms with Crippen molar-refractivity contribution in [2.24, 2.45) is 5.73 Å². The number of carbonyl (C=O) groups is 3. The van der Waals surface area contributed by atoms with E-state index in [0.717, 1.165) is 10.7 Å². The van der Waals surface area contributed by atoms with Gasteiger partial charge in [-0.2, -0.15) is 0 Å². The third kappa shape index (κ3) is 6.70. The van der Waals surface area contributed by atoms with Crippen molar-refractivity contribution in [1.82, 2.24) is 15.6 Å². The Bertz CT molecular complexity index is 517. The van der Waals surface area contributed by atoms with Crippen LogP contribution in [0.25, 0.3) is 0 Å². The van der Waals surface area contributed by atoms with Gasteiger partial charge in [0, 0.05) is 30.5 Å². The van der Waals surface area contributed by atoms with Gasteiger partial charge in [-0.15, -0.1) is 11.3 Å². The van der Waals surface area contributed by atoms with Gasteiger partial charge < -0.3 is 21.5 Å². The zero-order chi connectivity index (χ0) is 15.8. The van der Waals surface area contributed by atoms with Gasteiger partial charge in [0.05, 0.1) is 5.01 Å². The van der Waals surface area contributed by atoms with E-state index in [0.29, 0.717) is 13.0 Å². The Morgan fingerprint density at radius 1 is 1.48 bits per heavy atom. The van der Waals surface area contributed by atoms with Crippen LogP contribution in [0.3, 0.4) is 0 Å². The Hall–Kier alpha value is -2.16. The molecule has 0 aromatic carbocycles. The fraction of sp³-hybridized carbons (Fsp3) is 0.500. The van der Waals surface area contributed by atoms with Crippen LogP contribution in [0.2, 0.25) is 0 Å². The SMILES string of the molecule is Cc1csc(CCNC(=O)N[C@H](CCC(N)=O)C(=O)O)n1. The molecule has 21 heavy (non-hydrogen) atoms. The molecule has 1 aromatic heterocycles. The van der Waals surface area contributed by atoms with E-state index in [2.05, 4.69) is 15.6 Å². The molecule has 0 aliphatic carbocycles. The Morgan fingerprint density at radius 3 is 2.71 bits per heavy atom. The van der Waals surface area contributed by atoms with Gasteiger partial charge in [-0.3, -0.25) is 4.79 Å². The predicted molar refractivity (Wildman–Crippen MR) is 76.9 cm³/mol. The summed E-state index contributed by atoms with van der Waals surface area (Å²) in [5.74, 6) is -1.82. The normalized spacial score (nSPS) is 11.7. The van der Waals surface area contributed by atoms with Gasteiger partial charge in [0.1, 0.15) is 6.04 Å². The van der Waals surface area contributed by atoms with Gasteiger partial charge in [0.25, 0.3) is 0 Å².